The largest absolute Gasteiger partial charge is 0.309 e. The molecule has 0 saturated carbocycles. The lowest BCUT2D eigenvalue weighted by Crippen LogP contribution is -1.95. The predicted octanol–water partition coefficient (Wildman–Crippen LogP) is 14.8. The van der Waals surface area contributed by atoms with Crippen LogP contribution in [0.1, 0.15) is 0 Å². The Hall–Kier alpha value is -8.21. The van der Waals surface area contributed by atoms with Crippen LogP contribution in [0.25, 0.3) is 116 Å². The summed E-state index contributed by atoms with van der Waals surface area (Å²) in [5.41, 5.74) is 15.0. The van der Waals surface area contributed by atoms with Crippen LogP contribution in [0.4, 0.5) is 0 Å². The highest BCUT2D eigenvalue weighted by molar-refractivity contribution is 6.29. The van der Waals surface area contributed by atoms with Crippen LogP contribution in [0.15, 0.2) is 218 Å². The third-order valence-electron chi connectivity index (χ3n) is 12.0. The van der Waals surface area contributed by atoms with Crippen molar-refractivity contribution in [1.29, 1.82) is 0 Å². The minimum atomic E-state index is 0.710. The standard InChI is InChI=1S/C57H36N4/c1-3-14-37(15-4-1)38-28-32-41(33-29-38)57-59-50-24-11-8-21-46(50)55(60-57)40-30-26-39(27-31-40)42-16-13-17-43(36-42)56-48-34-35-52-54(53(48)45-20-7-10-23-49(45)58-56)47-22-9-12-25-51(47)61(52)44-18-5-2-6-19-44/h1-36H. The van der Waals surface area contributed by atoms with E-state index in [1.54, 1.807) is 0 Å². The molecule has 0 bridgehead atoms. The second-order valence-electron chi connectivity index (χ2n) is 15.6. The monoisotopic (exact) mass is 776 g/mol. The summed E-state index contributed by atoms with van der Waals surface area (Å²) >= 11 is 0. The van der Waals surface area contributed by atoms with E-state index in [0.717, 1.165) is 72.1 Å². The van der Waals surface area contributed by atoms with Gasteiger partial charge in [0.2, 0.25) is 0 Å². The van der Waals surface area contributed by atoms with Gasteiger partial charge in [-0.2, -0.15) is 0 Å². The summed E-state index contributed by atoms with van der Waals surface area (Å²) in [5, 5.41) is 7.01. The van der Waals surface area contributed by atoms with Crippen molar-refractivity contribution < 1.29 is 0 Å². The molecule has 9 aromatic carbocycles. The first kappa shape index (κ1) is 34.8. The fraction of sp³-hybridized carbons (Fsp3) is 0. The Morgan fingerprint density at radius 2 is 0.820 bits per heavy atom. The molecule has 0 fully saturated rings. The van der Waals surface area contributed by atoms with Crippen LogP contribution >= 0.6 is 0 Å². The van der Waals surface area contributed by atoms with Crippen molar-refractivity contribution in [1.82, 2.24) is 19.5 Å². The minimum Gasteiger partial charge on any atom is -0.309 e. The van der Waals surface area contributed by atoms with Crippen LogP contribution in [0.3, 0.4) is 0 Å². The van der Waals surface area contributed by atoms with E-state index >= 15 is 0 Å². The zero-order valence-corrected chi connectivity index (χ0v) is 33.1. The van der Waals surface area contributed by atoms with Gasteiger partial charge in [0.1, 0.15) is 0 Å². The number of aromatic nitrogens is 4. The van der Waals surface area contributed by atoms with Gasteiger partial charge in [-0.3, -0.25) is 0 Å². The van der Waals surface area contributed by atoms with Crippen molar-refractivity contribution in [3.8, 4) is 61.8 Å². The molecule has 0 aliphatic carbocycles. The molecule has 3 aromatic heterocycles. The lowest BCUT2D eigenvalue weighted by molar-refractivity contribution is 1.18. The van der Waals surface area contributed by atoms with Gasteiger partial charge in [-0.1, -0.05) is 176 Å². The van der Waals surface area contributed by atoms with E-state index in [0.29, 0.717) is 5.82 Å². The first-order valence-corrected chi connectivity index (χ1v) is 20.7. The van der Waals surface area contributed by atoms with Gasteiger partial charge in [-0.25, -0.2) is 15.0 Å². The second kappa shape index (κ2) is 14.3. The highest BCUT2D eigenvalue weighted by atomic mass is 15.0. The zero-order chi connectivity index (χ0) is 40.3. The van der Waals surface area contributed by atoms with Crippen LogP contribution in [0.5, 0.6) is 0 Å². The average Bonchev–Trinajstić information content (AvgIpc) is 3.68. The minimum absolute atomic E-state index is 0.710. The summed E-state index contributed by atoms with van der Waals surface area (Å²) in [6, 6.07) is 77.3. The number of benzene rings is 9. The number of nitrogens with zero attached hydrogens (tertiary/aromatic N) is 4. The third-order valence-corrected chi connectivity index (χ3v) is 12.0. The summed E-state index contributed by atoms with van der Waals surface area (Å²) in [5.74, 6) is 0.710. The van der Waals surface area contributed by atoms with E-state index in [1.807, 2.05) is 12.1 Å². The summed E-state index contributed by atoms with van der Waals surface area (Å²) in [4.78, 5) is 15.6. The van der Waals surface area contributed by atoms with E-state index < -0.39 is 0 Å². The van der Waals surface area contributed by atoms with Crippen LogP contribution in [-0.2, 0) is 0 Å². The zero-order valence-electron chi connectivity index (χ0n) is 33.1. The fourth-order valence-corrected chi connectivity index (χ4v) is 9.11. The van der Waals surface area contributed by atoms with Gasteiger partial charge in [0.15, 0.2) is 5.82 Å². The molecule has 0 aliphatic heterocycles. The van der Waals surface area contributed by atoms with E-state index in [-0.39, 0.29) is 0 Å². The van der Waals surface area contributed by atoms with Crippen LogP contribution in [-0.4, -0.2) is 19.5 Å². The summed E-state index contributed by atoms with van der Waals surface area (Å²) in [7, 11) is 0. The van der Waals surface area contributed by atoms with E-state index in [1.165, 1.54) is 38.3 Å². The molecule has 0 N–H and O–H groups in total. The number of hydrogen-bond donors (Lipinski definition) is 0. The third kappa shape index (κ3) is 5.88. The second-order valence-corrected chi connectivity index (χ2v) is 15.6. The molecular weight excluding hydrogens is 741 g/mol. The lowest BCUT2D eigenvalue weighted by atomic mass is 9.94. The van der Waals surface area contributed by atoms with Gasteiger partial charge in [0, 0.05) is 54.7 Å². The highest BCUT2D eigenvalue weighted by Crippen LogP contribution is 2.43. The molecule has 12 rings (SSSR count). The molecule has 0 saturated heterocycles. The molecule has 4 heteroatoms. The Kier molecular flexibility index (Phi) is 8.13. The summed E-state index contributed by atoms with van der Waals surface area (Å²) < 4.78 is 2.39. The molecule has 284 valence electrons. The van der Waals surface area contributed by atoms with Crippen LogP contribution in [0, 0.1) is 0 Å². The molecule has 3 heterocycles. The Morgan fingerprint density at radius 1 is 0.279 bits per heavy atom. The average molecular weight is 777 g/mol. The van der Waals surface area contributed by atoms with Crippen molar-refractivity contribution in [2.45, 2.75) is 0 Å². The number of hydrogen-bond acceptors (Lipinski definition) is 3. The molecule has 4 nitrogen and oxygen atoms in total. The van der Waals surface area contributed by atoms with Gasteiger partial charge < -0.3 is 4.57 Å². The van der Waals surface area contributed by atoms with Crippen molar-refractivity contribution in [2.24, 2.45) is 0 Å². The Balaban J connectivity index is 0.957. The first-order chi connectivity index (χ1) is 30.2. The first-order valence-electron chi connectivity index (χ1n) is 20.7. The Bertz CT molecular complexity index is 3610. The van der Waals surface area contributed by atoms with Gasteiger partial charge in [-0.05, 0) is 64.7 Å². The number of rotatable bonds is 6. The highest BCUT2D eigenvalue weighted by Gasteiger charge is 2.20. The van der Waals surface area contributed by atoms with E-state index in [2.05, 4.69) is 211 Å². The number of para-hydroxylation sites is 4. The Labute approximate surface area is 352 Å². The van der Waals surface area contributed by atoms with Crippen molar-refractivity contribution >= 4 is 54.4 Å². The molecular formula is C57H36N4. The molecule has 0 spiro atoms. The van der Waals surface area contributed by atoms with Crippen molar-refractivity contribution in [2.75, 3.05) is 0 Å². The maximum atomic E-state index is 5.38. The maximum Gasteiger partial charge on any atom is 0.160 e. The topological polar surface area (TPSA) is 43.6 Å². The van der Waals surface area contributed by atoms with Gasteiger partial charge in [0.25, 0.3) is 0 Å². The normalized spacial score (nSPS) is 11.6. The van der Waals surface area contributed by atoms with Crippen molar-refractivity contribution in [3.05, 3.63) is 218 Å². The van der Waals surface area contributed by atoms with Crippen LogP contribution < -0.4 is 0 Å². The maximum absolute atomic E-state index is 5.38. The molecule has 12 aromatic rings. The quantitative estimate of drug-likeness (QED) is 0.158. The number of fused-ring (bicyclic) bond motifs is 8. The molecule has 0 aliphatic rings. The SMILES string of the molecule is c1ccc(-c2ccc(-c3nc(-c4ccc(-c5cccc(-c6nc7ccccc7c7c6ccc6c7c7ccccc7n6-c6ccccc6)c5)cc4)c4ccccc4n3)cc2)cc1. The number of pyridine rings is 1. The van der Waals surface area contributed by atoms with Crippen LogP contribution in [0.2, 0.25) is 0 Å². The predicted molar refractivity (Wildman–Crippen MR) is 254 cm³/mol. The van der Waals surface area contributed by atoms with Gasteiger partial charge in [-0.15, -0.1) is 0 Å². The van der Waals surface area contributed by atoms with E-state index in [4.69, 9.17) is 15.0 Å². The molecule has 0 atom stereocenters. The van der Waals surface area contributed by atoms with Gasteiger partial charge >= 0.3 is 0 Å². The van der Waals surface area contributed by atoms with E-state index in [9.17, 15) is 0 Å². The molecule has 0 unspecified atom stereocenters. The summed E-state index contributed by atoms with van der Waals surface area (Å²) in [6.45, 7) is 0. The fourth-order valence-electron chi connectivity index (χ4n) is 9.11. The molecule has 0 radical (unpaired) electrons. The molecule has 61 heavy (non-hydrogen) atoms. The lowest BCUT2D eigenvalue weighted by Gasteiger charge is -2.14. The Morgan fingerprint density at radius 3 is 1.59 bits per heavy atom. The summed E-state index contributed by atoms with van der Waals surface area (Å²) in [6.07, 6.45) is 0. The smallest absolute Gasteiger partial charge is 0.160 e. The van der Waals surface area contributed by atoms with Gasteiger partial charge in [0.05, 0.1) is 33.5 Å². The van der Waals surface area contributed by atoms with Crippen molar-refractivity contribution in [3.63, 3.8) is 0 Å². The molecule has 0 amide bonds.